The zero-order valence-electron chi connectivity index (χ0n) is 9.16. The first-order chi connectivity index (χ1) is 7.30. The second kappa shape index (κ2) is 6.56. The van der Waals surface area contributed by atoms with E-state index in [1.165, 1.54) is 5.56 Å². The van der Waals surface area contributed by atoms with Crippen LogP contribution in [0.25, 0.3) is 0 Å². The number of hydrogen-bond acceptors (Lipinski definition) is 3. The lowest BCUT2D eigenvalue weighted by molar-refractivity contribution is 0.275. The van der Waals surface area contributed by atoms with E-state index >= 15 is 0 Å². The summed E-state index contributed by atoms with van der Waals surface area (Å²) in [6.45, 7) is 1.05. The Morgan fingerprint density at radius 2 is 1.53 bits per heavy atom. The molecule has 1 aromatic rings. The summed E-state index contributed by atoms with van der Waals surface area (Å²) < 4.78 is 0. The Morgan fingerprint density at radius 1 is 1.00 bits per heavy atom. The fraction of sp³-hybridized carbons (Fsp3) is 0.500. The Labute approximate surface area is 90.8 Å². The molecule has 0 saturated carbocycles. The summed E-state index contributed by atoms with van der Waals surface area (Å²) in [4.78, 5) is 0. The highest BCUT2D eigenvalue weighted by atomic mass is 16.3. The molecule has 3 heteroatoms. The minimum atomic E-state index is 0.0346. The number of aliphatic hydroxyl groups is 2. The molecule has 0 radical (unpaired) electrons. The van der Waals surface area contributed by atoms with Crippen molar-refractivity contribution in [2.24, 2.45) is 0 Å². The SMILES string of the molecule is CNCCCc1cc(CO)cc(CO)c1. The monoisotopic (exact) mass is 209 g/mol. The minimum absolute atomic E-state index is 0.0346. The quantitative estimate of drug-likeness (QED) is 0.608. The van der Waals surface area contributed by atoms with Crippen molar-refractivity contribution < 1.29 is 10.2 Å². The maximum atomic E-state index is 9.06. The molecule has 0 aliphatic carbocycles. The maximum Gasteiger partial charge on any atom is 0.0682 e. The molecule has 15 heavy (non-hydrogen) atoms. The first-order valence-electron chi connectivity index (χ1n) is 5.28. The highest BCUT2D eigenvalue weighted by molar-refractivity contribution is 5.29. The van der Waals surface area contributed by atoms with Crippen molar-refractivity contribution in [2.45, 2.75) is 26.1 Å². The number of aryl methyl sites for hydroxylation is 1. The van der Waals surface area contributed by atoms with Crippen LogP contribution in [0.4, 0.5) is 0 Å². The zero-order chi connectivity index (χ0) is 11.1. The van der Waals surface area contributed by atoms with E-state index in [0.717, 1.165) is 30.5 Å². The topological polar surface area (TPSA) is 52.5 Å². The maximum absolute atomic E-state index is 9.06. The molecule has 0 aromatic heterocycles. The zero-order valence-corrected chi connectivity index (χ0v) is 9.16. The van der Waals surface area contributed by atoms with Gasteiger partial charge in [0.25, 0.3) is 0 Å². The van der Waals surface area contributed by atoms with Crippen LogP contribution in [0.3, 0.4) is 0 Å². The van der Waals surface area contributed by atoms with E-state index in [-0.39, 0.29) is 13.2 Å². The second-order valence-corrected chi connectivity index (χ2v) is 3.68. The van der Waals surface area contributed by atoms with Crippen molar-refractivity contribution in [2.75, 3.05) is 13.6 Å². The molecule has 84 valence electrons. The smallest absolute Gasteiger partial charge is 0.0682 e. The Hall–Kier alpha value is -0.900. The average molecular weight is 209 g/mol. The number of nitrogens with one attached hydrogen (secondary N) is 1. The first-order valence-corrected chi connectivity index (χ1v) is 5.28. The molecule has 0 fully saturated rings. The number of aliphatic hydroxyl groups excluding tert-OH is 2. The fourth-order valence-electron chi connectivity index (χ4n) is 1.64. The van der Waals surface area contributed by atoms with Gasteiger partial charge >= 0.3 is 0 Å². The number of hydrogen-bond donors (Lipinski definition) is 3. The third-order valence-corrected chi connectivity index (χ3v) is 2.37. The second-order valence-electron chi connectivity index (χ2n) is 3.68. The summed E-state index contributed by atoms with van der Waals surface area (Å²) in [7, 11) is 1.93. The minimum Gasteiger partial charge on any atom is -0.392 e. The fourth-order valence-corrected chi connectivity index (χ4v) is 1.64. The Kier molecular flexibility index (Phi) is 5.32. The molecule has 1 aromatic carbocycles. The summed E-state index contributed by atoms with van der Waals surface area (Å²) in [5.41, 5.74) is 2.93. The highest BCUT2D eigenvalue weighted by Gasteiger charge is 2.00. The van der Waals surface area contributed by atoms with Gasteiger partial charge in [-0.25, -0.2) is 0 Å². The van der Waals surface area contributed by atoms with Crippen LogP contribution in [-0.4, -0.2) is 23.8 Å². The van der Waals surface area contributed by atoms with Gasteiger partial charge in [0.1, 0.15) is 0 Å². The van der Waals surface area contributed by atoms with Crippen molar-refractivity contribution in [3.63, 3.8) is 0 Å². The first kappa shape index (κ1) is 12.2. The summed E-state index contributed by atoms with van der Waals surface area (Å²) in [5, 5.41) is 21.2. The molecule has 0 unspecified atom stereocenters. The molecule has 3 N–H and O–H groups in total. The number of benzene rings is 1. The largest absolute Gasteiger partial charge is 0.392 e. The van der Waals surface area contributed by atoms with Crippen molar-refractivity contribution in [1.29, 1.82) is 0 Å². The van der Waals surface area contributed by atoms with Crippen LogP contribution >= 0.6 is 0 Å². The van der Waals surface area contributed by atoms with Crippen molar-refractivity contribution >= 4 is 0 Å². The number of rotatable bonds is 6. The van der Waals surface area contributed by atoms with Gasteiger partial charge in [-0.05, 0) is 43.1 Å². The van der Waals surface area contributed by atoms with Crippen molar-refractivity contribution in [3.05, 3.63) is 34.9 Å². The van der Waals surface area contributed by atoms with Crippen LogP contribution in [0.5, 0.6) is 0 Å². The molecular weight excluding hydrogens is 190 g/mol. The third-order valence-electron chi connectivity index (χ3n) is 2.37. The van der Waals surface area contributed by atoms with Crippen molar-refractivity contribution in [1.82, 2.24) is 5.32 Å². The Morgan fingerprint density at radius 3 is 2.00 bits per heavy atom. The predicted octanol–water partition coefficient (Wildman–Crippen LogP) is 0.823. The van der Waals surface area contributed by atoms with E-state index in [0.29, 0.717) is 0 Å². The molecule has 0 amide bonds. The van der Waals surface area contributed by atoms with Crippen LogP contribution in [0.1, 0.15) is 23.1 Å². The van der Waals surface area contributed by atoms with Gasteiger partial charge in [-0.3, -0.25) is 0 Å². The predicted molar refractivity (Wildman–Crippen MR) is 60.5 cm³/mol. The van der Waals surface area contributed by atoms with Gasteiger partial charge in [0, 0.05) is 0 Å². The molecule has 0 saturated heterocycles. The van der Waals surface area contributed by atoms with Gasteiger partial charge in [0.2, 0.25) is 0 Å². The van der Waals surface area contributed by atoms with Gasteiger partial charge in [0.15, 0.2) is 0 Å². The van der Waals surface area contributed by atoms with Gasteiger partial charge in [-0.2, -0.15) is 0 Å². The molecular formula is C12H19NO2. The van der Waals surface area contributed by atoms with E-state index in [2.05, 4.69) is 5.32 Å². The normalized spacial score (nSPS) is 10.6. The van der Waals surface area contributed by atoms with Gasteiger partial charge in [0.05, 0.1) is 13.2 Å². The van der Waals surface area contributed by atoms with Gasteiger partial charge in [-0.15, -0.1) is 0 Å². The molecule has 1 rings (SSSR count). The lowest BCUT2D eigenvalue weighted by Crippen LogP contribution is -2.08. The molecule has 0 aliphatic heterocycles. The van der Waals surface area contributed by atoms with E-state index in [4.69, 9.17) is 10.2 Å². The molecule has 0 atom stereocenters. The van der Waals surface area contributed by atoms with Gasteiger partial charge < -0.3 is 15.5 Å². The molecule has 0 spiro atoms. The molecule has 3 nitrogen and oxygen atoms in total. The summed E-state index contributed by atoms with van der Waals surface area (Å²) in [6.07, 6.45) is 2.04. The van der Waals surface area contributed by atoms with E-state index in [1.807, 2.05) is 25.2 Å². The van der Waals surface area contributed by atoms with Crippen LogP contribution < -0.4 is 5.32 Å². The summed E-state index contributed by atoms with van der Waals surface area (Å²) in [5.74, 6) is 0. The molecule has 0 bridgehead atoms. The lowest BCUT2D eigenvalue weighted by Gasteiger charge is -2.07. The van der Waals surface area contributed by atoms with Crippen LogP contribution in [-0.2, 0) is 19.6 Å². The lowest BCUT2D eigenvalue weighted by atomic mass is 10.0. The van der Waals surface area contributed by atoms with Crippen molar-refractivity contribution in [3.8, 4) is 0 Å². The standard InChI is InChI=1S/C12H19NO2/c1-13-4-2-3-10-5-11(8-14)7-12(6-10)9-15/h5-7,13-15H,2-4,8-9H2,1H3. The van der Waals surface area contributed by atoms with E-state index in [1.54, 1.807) is 0 Å². The van der Waals surface area contributed by atoms with Crippen LogP contribution in [0.2, 0.25) is 0 Å². The highest BCUT2D eigenvalue weighted by Crippen LogP contribution is 2.12. The van der Waals surface area contributed by atoms with E-state index < -0.39 is 0 Å². The average Bonchev–Trinajstić information content (AvgIpc) is 2.29. The third kappa shape index (κ3) is 4.00. The summed E-state index contributed by atoms with van der Waals surface area (Å²) >= 11 is 0. The Bertz CT molecular complexity index is 277. The van der Waals surface area contributed by atoms with E-state index in [9.17, 15) is 0 Å². The molecule has 0 heterocycles. The molecule has 0 aliphatic rings. The van der Waals surface area contributed by atoms with Crippen LogP contribution in [0.15, 0.2) is 18.2 Å². The van der Waals surface area contributed by atoms with Gasteiger partial charge in [-0.1, -0.05) is 18.2 Å². The van der Waals surface area contributed by atoms with Crippen LogP contribution in [0, 0.1) is 0 Å². The summed E-state index contributed by atoms with van der Waals surface area (Å²) in [6, 6.07) is 5.82. The Balaban J connectivity index is 2.68.